The molecule has 4 aromatic rings. The monoisotopic (exact) mass is 356 g/mol. The van der Waals surface area contributed by atoms with Gasteiger partial charge in [-0.25, -0.2) is 4.98 Å². The average molecular weight is 356 g/mol. The zero-order valence-corrected chi connectivity index (χ0v) is 14.6. The molecule has 0 radical (unpaired) electrons. The molecule has 1 N–H and O–H groups in total. The Balaban J connectivity index is 1.64. The highest BCUT2D eigenvalue weighted by Gasteiger charge is 2.18. The van der Waals surface area contributed by atoms with E-state index in [0.717, 1.165) is 0 Å². The summed E-state index contributed by atoms with van der Waals surface area (Å²) in [5.74, 6) is 0.0191. The Morgan fingerprint density at radius 3 is 2.37 bits per heavy atom. The maximum absolute atomic E-state index is 12.8. The van der Waals surface area contributed by atoms with E-state index in [9.17, 15) is 9.59 Å². The molecule has 0 aliphatic carbocycles. The molecule has 0 atom stereocenters. The largest absolute Gasteiger partial charge is 0.441 e. The minimum atomic E-state index is -0.352. The van der Waals surface area contributed by atoms with Gasteiger partial charge in [0.05, 0.1) is 5.56 Å². The highest BCUT2D eigenvalue weighted by Crippen LogP contribution is 2.21. The van der Waals surface area contributed by atoms with E-state index in [1.165, 1.54) is 0 Å². The van der Waals surface area contributed by atoms with Gasteiger partial charge in [0.25, 0.3) is 5.91 Å². The van der Waals surface area contributed by atoms with E-state index >= 15 is 0 Å². The van der Waals surface area contributed by atoms with Gasteiger partial charge in [0.15, 0.2) is 17.3 Å². The van der Waals surface area contributed by atoms with Crippen molar-refractivity contribution in [3.63, 3.8) is 0 Å². The molecule has 132 valence electrons. The van der Waals surface area contributed by atoms with E-state index in [1.54, 1.807) is 73.7 Å². The third-order valence-corrected chi connectivity index (χ3v) is 4.20. The van der Waals surface area contributed by atoms with E-state index in [0.29, 0.717) is 39.4 Å². The lowest BCUT2D eigenvalue weighted by Gasteiger charge is -2.10. The second-order valence-corrected chi connectivity index (χ2v) is 6.11. The maximum atomic E-state index is 12.8. The Morgan fingerprint density at radius 1 is 0.889 bits per heavy atom. The third kappa shape index (κ3) is 3.35. The lowest BCUT2D eigenvalue weighted by Crippen LogP contribution is -2.16. The number of fused-ring (bicyclic) bond motifs is 1. The van der Waals surface area contributed by atoms with Crippen LogP contribution in [0.15, 0.2) is 77.2 Å². The Bertz CT molecular complexity index is 1150. The summed E-state index contributed by atoms with van der Waals surface area (Å²) in [5, 5.41) is 2.83. The third-order valence-electron chi connectivity index (χ3n) is 4.20. The van der Waals surface area contributed by atoms with Crippen molar-refractivity contribution in [1.29, 1.82) is 0 Å². The van der Waals surface area contributed by atoms with Crippen molar-refractivity contribution in [2.45, 2.75) is 6.92 Å². The molecular weight excluding hydrogens is 340 g/mol. The van der Waals surface area contributed by atoms with Gasteiger partial charge in [-0.15, -0.1) is 0 Å². The molecular formula is C22H16N2O3. The number of anilines is 1. The van der Waals surface area contributed by atoms with E-state index in [-0.39, 0.29) is 11.7 Å². The number of nitrogens with zero attached hydrogens (tertiary/aromatic N) is 1. The molecule has 5 heteroatoms. The van der Waals surface area contributed by atoms with Crippen LogP contribution in [0.3, 0.4) is 0 Å². The van der Waals surface area contributed by atoms with Gasteiger partial charge >= 0.3 is 0 Å². The van der Waals surface area contributed by atoms with Gasteiger partial charge < -0.3 is 9.73 Å². The first-order valence-electron chi connectivity index (χ1n) is 8.49. The molecule has 0 saturated carbocycles. The van der Waals surface area contributed by atoms with Gasteiger partial charge in [0, 0.05) is 23.7 Å². The fourth-order valence-corrected chi connectivity index (χ4v) is 2.94. The van der Waals surface area contributed by atoms with Crippen molar-refractivity contribution >= 4 is 28.5 Å². The van der Waals surface area contributed by atoms with Crippen molar-refractivity contribution in [3.05, 3.63) is 95.4 Å². The predicted molar refractivity (Wildman–Crippen MR) is 103 cm³/mol. The van der Waals surface area contributed by atoms with Crippen LogP contribution in [0, 0.1) is 6.92 Å². The fourth-order valence-electron chi connectivity index (χ4n) is 2.94. The summed E-state index contributed by atoms with van der Waals surface area (Å²) in [6.07, 6.45) is 0. The number of carbonyl (C=O) groups is 2. The van der Waals surface area contributed by atoms with Crippen LogP contribution in [0.4, 0.5) is 5.69 Å². The van der Waals surface area contributed by atoms with Crippen LogP contribution >= 0.6 is 0 Å². The van der Waals surface area contributed by atoms with E-state index in [4.69, 9.17) is 4.42 Å². The molecule has 4 rings (SSSR count). The number of hydrogen-bond donors (Lipinski definition) is 1. The molecule has 27 heavy (non-hydrogen) atoms. The Labute approximate surface area is 155 Å². The molecule has 0 fully saturated rings. The van der Waals surface area contributed by atoms with Crippen molar-refractivity contribution in [1.82, 2.24) is 4.98 Å². The zero-order chi connectivity index (χ0) is 18.8. The number of amides is 1. The number of rotatable bonds is 4. The van der Waals surface area contributed by atoms with Crippen LogP contribution in [-0.4, -0.2) is 16.7 Å². The zero-order valence-electron chi connectivity index (χ0n) is 14.6. The first-order valence-corrected chi connectivity index (χ1v) is 8.49. The fraction of sp³-hybridized carbons (Fsp3) is 0.0455. The van der Waals surface area contributed by atoms with Crippen LogP contribution in [0.25, 0.3) is 11.1 Å². The van der Waals surface area contributed by atoms with E-state index < -0.39 is 0 Å². The van der Waals surface area contributed by atoms with E-state index in [2.05, 4.69) is 10.3 Å². The number of carbonyl (C=O) groups excluding carboxylic acids is 2. The Morgan fingerprint density at radius 2 is 1.59 bits per heavy atom. The Kier molecular flexibility index (Phi) is 4.26. The lowest BCUT2D eigenvalue weighted by molar-refractivity contribution is 0.0996. The highest BCUT2D eigenvalue weighted by atomic mass is 16.3. The molecule has 0 aliphatic heterocycles. The number of aryl methyl sites for hydroxylation is 1. The van der Waals surface area contributed by atoms with Gasteiger partial charge in [-0.1, -0.05) is 48.5 Å². The van der Waals surface area contributed by atoms with Crippen LogP contribution < -0.4 is 5.32 Å². The summed E-state index contributed by atoms with van der Waals surface area (Å²) < 4.78 is 5.44. The molecule has 5 nitrogen and oxygen atoms in total. The van der Waals surface area contributed by atoms with Crippen LogP contribution in [-0.2, 0) is 0 Å². The van der Waals surface area contributed by atoms with Crippen LogP contribution in [0.1, 0.15) is 32.2 Å². The second-order valence-electron chi connectivity index (χ2n) is 6.11. The molecule has 0 saturated heterocycles. The van der Waals surface area contributed by atoms with Crippen molar-refractivity contribution in [2.24, 2.45) is 0 Å². The summed E-state index contributed by atoms with van der Waals surface area (Å²) in [7, 11) is 0. The maximum Gasteiger partial charge on any atom is 0.256 e. The molecule has 1 amide bonds. The molecule has 3 aromatic carbocycles. The van der Waals surface area contributed by atoms with Crippen LogP contribution in [0.5, 0.6) is 0 Å². The molecule has 0 unspecified atom stereocenters. The standard InChI is InChI=1S/C22H16N2O3/c1-14-23-19-13-16(11-12-20(19)27-14)24-22(26)18-10-6-5-9-17(18)21(25)15-7-3-2-4-8-15/h2-13H,1H3,(H,24,26). The molecule has 0 aliphatic rings. The molecule has 1 aromatic heterocycles. The first kappa shape index (κ1) is 16.7. The number of ketones is 1. The van der Waals surface area contributed by atoms with Gasteiger partial charge in [0.1, 0.15) is 5.52 Å². The SMILES string of the molecule is Cc1nc2cc(NC(=O)c3ccccc3C(=O)c3ccccc3)ccc2o1. The van der Waals surface area contributed by atoms with Crippen molar-refractivity contribution in [2.75, 3.05) is 5.32 Å². The van der Waals surface area contributed by atoms with Gasteiger partial charge in [0.2, 0.25) is 0 Å². The molecule has 0 bridgehead atoms. The second kappa shape index (κ2) is 6.88. The number of hydrogen-bond acceptors (Lipinski definition) is 4. The van der Waals surface area contributed by atoms with Gasteiger partial charge in [-0.05, 0) is 24.3 Å². The molecule has 0 spiro atoms. The average Bonchev–Trinajstić information content (AvgIpc) is 3.07. The topological polar surface area (TPSA) is 72.2 Å². The summed E-state index contributed by atoms with van der Waals surface area (Å²) in [4.78, 5) is 29.9. The van der Waals surface area contributed by atoms with Gasteiger partial charge in [-0.3, -0.25) is 9.59 Å². The minimum absolute atomic E-state index is 0.191. The first-order chi connectivity index (χ1) is 13.1. The Hall–Kier alpha value is -3.73. The number of benzene rings is 3. The minimum Gasteiger partial charge on any atom is -0.441 e. The van der Waals surface area contributed by atoms with Crippen LogP contribution in [0.2, 0.25) is 0 Å². The van der Waals surface area contributed by atoms with Crippen molar-refractivity contribution < 1.29 is 14.0 Å². The highest BCUT2D eigenvalue weighted by molar-refractivity contribution is 6.17. The summed E-state index contributed by atoms with van der Waals surface area (Å²) in [6.45, 7) is 1.77. The number of oxazole rings is 1. The number of nitrogens with one attached hydrogen (secondary N) is 1. The molecule has 1 heterocycles. The quantitative estimate of drug-likeness (QED) is 0.542. The van der Waals surface area contributed by atoms with Gasteiger partial charge in [-0.2, -0.15) is 0 Å². The summed E-state index contributed by atoms with van der Waals surface area (Å²) in [6, 6.07) is 20.9. The normalized spacial score (nSPS) is 10.7. The lowest BCUT2D eigenvalue weighted by atomic mass is 9.98. The van der Waals surface area contributed by atoms with E-state index in [1.807, 2.05) is 6.07 Å². The summed E-state index contributed by atoms with van der Waals surface area (Å²) >= 11 is 0. The number of aromatic nitrogens is 1. The summed E-state index contributed by atoms with van der Waals surface area (Å²) in [5.41, 5.74) is 3.13. The smallest absolute Gasteiger partial charge is 0.256 e. The van der Waals surface area contributed by atoms with Crippen molar-refractivity contribution in [3.8, 4) is 0 Å². The predicted octanol–water partition coefficient (Wildman–Crippen LogP) is 4.62.